The number of ketones is 2. The van der Waals surface area contributed by atoms with Crippen molar-refractivity contribution in [2.75, 3.05) is 10.2 Å². The molecule has 4 atom stereocenters. The van der Waals surface area contributed by atoms with E-state index in [9.17, 15) is 14.4 Å². The van der Waals surface area contributed by atoms with Crippen LogP contribution in [0.1, 0.15) is 28.4 Å². The van der Waals surface area contributed by atoms with Crippen molar-refractivity contribution in [1.29, 1.82) is 0 Å². The topological polar surface area (TPSA) is 79.4 Å². The fourth-order valence-corrected chi connectivity index (χ4v) is 6.02. The number of carbonyl (C=O) groups excluding carboxylic acids is 3. The minimum absolute atomic E-state index is 0.151. The number of hydrogen-bond acceptors (Lipinski definition) is 5. The number of carbonyl (C=O) groups is 3. The maximum Gasteiger partial charge on any atom is 0.238 e. The molecule has 2 aromatic carbocycles. The largest absolute Gasteiger partial charge is 0.352 e. The van der Waals surface area contributed by atoms with Crippen molar-refractivity contribution in [2.24, 2.45) is 5.92 Å². The van der Waals surface area contributed by atoms with Gasteiger partial charge in [0.25, 0.3) is 0 Å². The second-order valence-corrected chi connectivity index (χ2v) is 8.78. The van der Waals surface area contributed by atoms with Crippen molar-refractivity contribution in [3.63, 3.8) is 0 Å². The lowest BCUT2D eigenvalue weighted by Crippen LogP contribution is -2.54. The van der Waals surface area contributed by atoms with Gasteiger partial charge in [0.15, 0.2) is 11.6 Å². The zero-order valence-electron chi connectivity index (χ0n) is 17.9. The Balaban J connectivity index is 1.67. The minimum atomic E-state index is -1.35. The normalized spacial score (nSPS) is 26.5. The summed E-state index contributed by atoms with van der Waals surface area (Å²) in [7, 11) is 0. The molecular formula is C27H21N3O3. The van der Waals surface area contributed by atoms with Crippen LogP contribution < -0.4 is 10.2 Å². The Morgan fingerprint density at radius 3 is 2.52 bits per heavy atom. The number of Topliss-reactive ketones (excluding diaryl/α,β-unsaturated/α-hetero) is 2. The van der Waals surface area contributed by atoms with E-state index in [0.29, 0.717) is 16.8 Å². The van der Waals surface area contributed by atoms with Crippen LogP contribution in [0.5, 0.6) is 0 Å². The highest BCUT2D eigenvalue weighted by atomic mass is 16.2. The van der Waals surface area contributed by atoms with Gasteiger partial charge in [-0.3, -0.25) is 19.4 Å². The third-order valence-corrected chi connectivity index (χ3v) is 7.18. The van der Waals surface area contributed by atoms with Crippen molar-refractivity contribution >= 4 is 34.9 Å². The number of nitrogens with zero attached hydrogens (tertiary/aromatic N) is 2. The second-order valence-electron chi connectivity index (χ2n) is 8.78. The molecule has 1 aromatic heterocycles. The van der Waals surface area contributed by atoms with E-state index < -0.39 is 23.4 Å². The Hall–Kier alpha value is -4.06. The van der Waals surface area contributed by atoms with Gasteiger partial charge in [-0.25, -0.2) is 0 Å². The molecule has 3 aromatic rings. The van der Waals surface area contributed by atoms with Crippen molar-refractivity contribution in [3.05, 3.63) is 95.8 Å². The van der Waals surface area contributed by atoms with E-state index in [1.807, 2.05) is 65.6 Å². The molecule has 4 heterocycles. The lowest BCUT2D eigenvalue weighted by atomic mass is 9.64. The summed E-state index contributed by atoms with van der Waals surface area (Å²) < 4.78 is 0. The maximum atomic E-state index is 14.1. The first-order chi connectivity index (χ1) is 16.0. The van der Waals surface area contributed by atoms with Gasteiger partial charge in [-0.1, -0.05) is 48.6 Å². The van der Waals surface area contributed by atoms with Gasteiger partial charge in [-0.15, -0.1) is 0 Å². The van der Waals surface area contributed by atoms with E-state index >= 15 is 0 Å². The number of anilines is 2. The maximum absolute atomic E-state index is 14.1. The van der Waals surface area contributed by atoms with E-state index in [1.54, 1.807) is 24.5 Å². The number of pyridine rings is 1. The Kier molecular flexibility index (Phi) is 4.14. The van der Waals surface area contributed by atoms with Crippen molar-refractivity contribution < 1.29 is 14.4 Å². The molecule has 1 saturated heterocycles. The van der Waals surface area contributed by atoms with Gasteiger partial charge in [0, 0.05) is 29.3 Å². The van der Waals surface area contributed by atoms with Gasteiger partial charge in [0.1, 0.15) is 11.5 Å². The first kappa shape index (κ1) is 19.6. The third kappa shape index (κ3) is 2.49. The molecule has 1 unspecified atom stereocenters. The second kappa shape index (κ2) is 6.97. The number of nitrogens with one attached hydrogen (secondary N) is 1. The number of amides is 1. The molecule has 0 bridgehead atoms. The Morgan fingerprint density at radius 2 is 1.73 bits per heavy atom. The summed E-state index contributed by atoms with van der Waals surface area (Å²) in [5.41, 5.74) is 2.28. The highest BCUT2D eigenvalue weighted by molar-refractivity contribution is 6.17. The molecule has 6 heteroatoms. The van der Waals surface area contributed by atoms with Crippen molar-refractivity contribution in [3.8, 4) is 0 Å². The van der Waals surface area contributed by atoms with Crippen LogP contribution in [-0.4, -0.2) is 34.5 Å². The fraction of sp³-hybridized carbons (Fsp3) is 0.185. The Morgan fingerprint density at radius 1 is 1.00 bits per heavy atom. The van der Waals surface area contributed by atoms with Gasteiger partial charge in [-0.2, -0.15) is 0 Å². The van der Waals surface area contributed by atoms with Gasteiger partial charge < -0.3 is 10.2 Å². The van der Waals surface area contributed by atoms with Crippen LogP contribution in [-0.2, 0) is 15.0 Å². The summed E-state index contributed by atoms with van der Waals surface area (Å²) in [6, 6.07) is 17.2. The molecule has 1 amide bonds. The number of hydrogen-bond donors (Lipinski definition) is 1. The summed E-state index contributed by atoms with van der Waals surface area (Å²) in [5, 5.41) is 2.98. The van der Waals surface area contributed by atoms with Crippen LogP contribution >= 0.6 is 0 Å². The molecule has 1 spiro atoms. The fourth-order valence-electron chi connectivity index (χ4n) is 6.02. The number of aromatic nitrogens is 1. The number of benzene rings is 2. The van der Waals surface area contributed by atoms with E-state index in [1.165, 1.54) is 6.92 Å². The predicted octanol–water partition coefficient (Wildman–Crippen LogP) is 3.64. The van der Waals surface area contributed by atoms with E-state index in [0.717, 1.165) is 11.3 Å². The zero-order chi connectivity index (χ0) is 22.7. The molecule has 6 rings (SSSR count). The SMILES string of the molecule is CC(=O)[C@@H]1N2c3ccccc3C=CC2[C@H](C(=O)c2ccncc2)[C@]12C(=O)Nc1ccccc12. The zero-order valence-corrected chi connectivity index (χ0v) is 17.9. The summed E-state index contributed by atoms with van der Waals surface area (Å²) >= 11 is 0. The first-order valence-corrected chi connectivity index (χ1v) is 11.0. The standard InChI is InChI=1S/C27H21N3O3/c1-16(31)25-27(19-7-3-4-8-20(19)29-26(27)33)23(24(32)18-12-14-28-15-13-18)22-11-10-17-6-2-5-9-21(17)30(22)25/h2-15,22-23,25H,1H3,(H,29,33)/t22?,23-,25+,27+/m1/s1. The molecule has 0 saturated carbocycles. The molecule has 6 nitrogen and oxygen atoms in total. The smallest absolute Gasteiger partial charge is 0.238 e. The molecule has 33 heavy (non-hydrogen) atoms. The number of fused-ring (bicyclic) bond motifs is 5. The molecule has 3 aliphatic rings. The Labute approximate surface area is 191 Å². The van der Waals surface area contributed by atoms with Crippen LogP contribution in [0.15, 0.2) is 79.1 Å². The highest BCUT2D eigenvalue weighted by Crippen LogP contribution is 2.57. The van der Waals surface area contributed by atoms with Gasteiger partial charge in [-0.05, 0) is 42.3 Å². The van der Waals surface area contributed by atoms with Crippen LogP contribution in [0.4, 0.5) is 11.4 Å². The van der Waals surface area contributed by atoms with Gasteiger partial charge in [0.05, 0.1) is 12.0 Å². The molecule has 162 valence electrons. The quantitative estimate of drug-likeness (QED) is 0.636. The van der Waals surface area contributed by atoms with Crippen molar-refractivity contribution in [1.82, 2.24) is 4.98 Å². The average molecular weight is 435 g/mol. The molecule has 3 aliphatic heterocycles. The molecule has 1 fully saturated rings. The summed E-state index contributed by atoms with van der Waals surface area (Å²) in [6.07, 6.45) is 7.09. The number of para-hydroxylation sites is 2. The molecule has 0 aliphatic carbocycles. The lowest BCUT2D eigenvalue weighted by molar-refractivity contribution is -0.127. The van der Waals surface area contributed by atoms with Crippen molar-refractivity contribution in [2.45, 2.75) is 24.4 Å². The molecule has 0 radical (unpaired) electrons. The van der Waals surface area contributed by atoms with Crippen LogP contribution in [0.3, 0.4) is 0 Å². The van der Waals surface area contributed by atoms with Gasteiger partial charge in [0.2, 0.25) is 5.91 Å². The molecular weight excluding hydrogens is 414 g/mol. The third-order valence-electron chi connectivity index (χ3n) is 7.18. The minimum Gasteiger partial charge on any atom is -0.352 e. The van der Waals surface area contributed by atoms with Crippen LogP contribution in [0, 0.1) is 5.92 Å². The van der Waals surface area contributed by atoms with E-state index in [-0.39, 0.29) is 17.5 Å². The predicted molar refractivity (Wildman–Crippen MR) is 125 cm³/mol. The van der Waals surface area contributed by atoms with Crippen LogP contribution in [0.25, 0.3) is 6.08 Å². The van der Waals surface area contributed by atoms with E-state index in [4.69, 9.17) is 0 Å². The lowest BCUT2D eigenvalue weighted by Gasteiger charge is -2.36. The highest BCUT2D eigenvalue weighted by Gasteiger charge is 2.70. The summed E-state index contributed by atoms with van der Waals surface area (Å²) in [4.78, 5) is 47.4. The van der Waals surface area contributed by atoms with Gasteiger partial charge >= 0.3 is 0 Å². The Bertz CT molecular complexity index is 1350. The van der Waals surface area contributed by atoms with Crippen LogP contribution in [0.2, 0.25) is 0 Å². The molecule has 1 N–H and O–H groups in total. The summed E-state index contributed by atoms with van der Waals surface area (Å²) in [5.74, 6) is -1.42. The first-order valence-electron chi connectivity index (χ1n) is 11.0. The summed E-state index contributed by atoms with van der Waals surface area (Å²) in [6.45, 7) is 1.51. The number of rotatable bonds is 3. The monoisotopic (exact) mass is 435 g/mol. The average Bonchev–Trinajstić information content (AvgIpc) is 3.32. The van der Waals surface area contributed by atoms with E-state index in [2.05, 4.69) is 10.3 Å².